The third kappa shape index (κ3) is 3.56. The average molecular weight is 398 g/mol. The Morgan fingerprint density at radius 1 is 1.12 bits per heavy atom. The summed E-state index contributed by atoms with van der Waals surface area (Å²) in [6.45, 7) is -0.733. The molecule has 0 bridgehead atoms. The fraction of sp³-hybridized carbons (Fsp3) is 0.125. The molecule has 0 saturated heterocycles. The standard InChI is InChI=1S/C16H9Cl2NO7/c17-10-2-1-8(3-11(10)18)13(20)6-24-16(21)9-4-14-15(26-7-25-14)5-12(9)19(22)23/h1-5H,6-7H2. The van der Waals surface area contributed by atoms with E-state index in [1.165, 1.54) is 18.2 Å². The van der Waals surface area contributed by atoms with Crippen molar-refractivity contribution in [2.75, 3.05) is 13.4 Å². The van der Waals surface area contributed by atoms with Crippen molar-refractivity contribution in [2.45, 2.75) is 0 Å². The molecule has 134 valence electrons. The number of fused-ring (bicyclic) bond motifs is 1. The van der Waals surface area contributed by atoms with Crippen LogP contribution in [0.4, 0.5) is 5.69 Å². The van der Waals surface area contributed by atoms with Crippen LogP contribution in [-0.4, -0.2) is 30.1 Å². The van der Waals surface area contributed by atoms with Crippen molar-refractivity contribution < 1.29 is 28.7 Å². The molecule has 10 heteroatoms. The van der Waals surface area contributed by atoms with Crippen LogP contribution in [0.3, 0.4) is 0 Å². The third-order valence-corrected chi connectivity index (χ3v) is 4.22. The number of Topliss-reactive ketones (excluding diaryl/α,β-unsaturated/α-hetero) is 1. The zero-order valence-electron chi connectivity index (χ0n) is 12.9. The molecule has 2 aromatic rings. The summed E-state index contributed by atoms with van der Waals surface area (Å²) in [5.74, 6) is -1.25. The minimum atomic E-state index is -1.04. The van der Waals surface area contributed by atoms with Gasteiger partial charge in [0.15, 0.2) is 23.9 Å². The molecule has 0 unspecified atom stereocenters. The van der Waals surface area contributed by atoms with Crippen LogP contribution in [0.1, 0.15) is 20.7 Å². The van der Waals surface area contributed by atoms with Gasteiger partial charge >= 0.3 is 5.97 Å². The topological polar surface area (TPSA) is 105 Å². The Morgan fingerprint density at radius 3 is 2.46 bits per heavy atom. The number of nitrogens with zero attached hydrogens (tertiary/aromatic N) is 1. The van der Waals surface area contributed by atoms with E-state index >= 15 is 0 Å². The van der Waals surface area contributed by atoms with Gasteiger partial charge in [-0.3, -0.25) is 14.9 Å². The van der Waals surface area contributed by atoms with E-state index in [4.69, 9.17) is 37.4 Å². The first-order chi connectivity index (χ1) is 12.4. The lowest BCUT2D eigenvalue weighted by Gasteiger charge is -2.07. The highest BCUT2D eigenvalue weighted by molar-refractivity contribution is 6.42. The van der Waals surface area contributed by atoms with Crippen LogP contribution in [0.15, 0.2) is 30.3 Å². The minimum Gasteiger partial charge on any atom is -0.454 e. The van der Waals surface area contributed by atoms with Crippen LogP contribution in [0.5, 0.6) is 11.5 Å². The average Bonchev–Trinajstić information content (AvgIpc) is 3.08. The van der Waals surface area contributed by atoms with Crippen molar-refractivity contribution in [1.82, 2.24) is 0 Å². The molecule has 1 heterocycles. The van der Waals surface area contributed by atoms with Crippen molar-refractivity contribution in [3.05, 3.63) is 61.6 Å². The second-order valence-electron chi connectivity index (χ2n) is 5.11. The van der Waals surface area contributed by atoms with E-state index in [2.05, 4.69) is 0 Å². The van der Waals surface area contributed by atoms with Gasteiger partial charge in [-0.25, -0.2) is 4.79 Å². The summed E-state index contributed by atoms with van der Waals surface area (Å²) < 4.78 is 15.0. The molecule has 0 aromatic heterocycles. The van der Waals surface area contributed by atoms with Crippen molar-refractivity contribution in [1.29, 1.82) is 0 Å². The monoisotopic (exact) mass is 397 g/mol. The van der Waals surface area contributed by atoms with E-state index in [1.54, 1.807) is 0 Å². The molecular formula is C16H9Cl2NO7. The molecule has 26 heavy (non-hydrogen) atoms. The summed E-state index contributed by atoms with van der Waals surface area (Å²) in [4.78, 5) is 34.7. The summed E-state index contributed by atoms with van der Waals surface area (Å²) in [6.07, 6.45) is 0. The highest BCUT2D eigenvalue weighted by atomic mass is 35.5. The maximum Gasteiger partial charge on any atom is 0.345 e. The molecule has 8 nitrogen and oxygen atoms in total. The number of esters is 1. The van der Waals surface area contributed by atoms with Crippen LogP contribution in [0.2, 0.25) is 10.0 Å². The van der Waals surface area contributed by atoms with Gasteiger partial charge < -0.3 is 14.2 Å². The number of nitro benzene ring substituents is 1. The molecule has 0 spiro atoms. The van der Waals surface area contributed by atoms with Gasteiger partial charge in [-0.15, -0.1) is 0 Å². The van der Waals surface area contributed by atoms with Gasteiger partial charge in [-0.1, -0.05) is 23.2 Å². The number of rotatable bonds is 5. The predicted octanol–water partition coefficient (Wildman–Crippen LogP) is 3.67. The van der Waals surface area contributed by atoms with Crippen LogP contribution < -0.4 is 9.47 Å². The van der Waals surface area contributed by atoms with Gasteiger partial charge in [-0.05, 0) is 18.2 Å². The Kier molecular flexibility index (Phi) is 4.97. The van der Waals surface area contributed by atoms with Crippen molar-refractivity contribution in [2.24, 2.45) is 0 Å². The summed E-state index contributed by atoms with van der Waals surface area (Å²) >= 11 is 11.6. The fourth-order valence-corrected chi connectivity index (χ4v) is 2.51. The summed E-state index contributed by atoms with van der Waals surface area (Å²) in [5, 5.41) is 11.6. The van der Waals surface area contributed by atoms with Crippen LogP contribution in [0.25, 0.3) is 0 Å². The lowest BCUT2D eigenvalue weighted by Crippen LogP contribution is -2.15. The Morgan fingerprint density at radius 2 is 1.81 bits per heavy atom. The molecule has 0 atom stereocenters. The normalized spacial score (nSPS) is 11.9. The van der Waals surface area contributed by atoms with Gasteiger partial charge in [0.05, 0.1) is 21.0 Å². The van der Waals surface area contributed by atoms with Gasteiger partial charge in [0, 0.05) is 11.6 Å². The number of ketones is 1. The lowest BCUT2D eigenvalue weighted by molar-refractivity contribution is -0.385. The SMILES string of the molecule is O=C(COC(=O)c1cc2c(cc1[N+](=O)[O-])OCO2)c1ccc(Cl)c(Cl)c1. The Labute approximate surface area is 156 Å². The van der Waals surface area contributed by atoms with E-state index in [0.717, 1.165) is 12.1 Å². The predicted molar refractivity (Wildman–Crippen MR) is 90.3 cm³/mol. The van der Waals surface area contributed by atoms with E-state index < -0.39 is 29.0 Å². The van der Waals surface area contributed by atoms with E-state index in [1.807, 2.05) is 0 Å². The van der Waals surface area contributed by atoms with E-state index in [0.29, 0.717) is 0 Å². The van der Waals surface area contributed by atoms with Crippen LogP contribution in [0, 0.1) is 10.1 Å². The smallest absolute Gasteiger partial charge is 0.345 e. The van der Waals surface area contributed by atoms with Gasteiger partial charge in [0.25, 0.3) is 5.69 Å². The molecule has 0 fully saturated rings. The molecule has 0 amide bonds. The molecular weight excluding hydrogens is 389 g/mol. The second kappa shape index (κ2) is 7.19. The highest BCUT2D eigenvalue weighted by Gasteiger charge is 2.28. The number of benzene rings is 2. The first-order valence-electron chi connectivity index (χ1n) is 7.10. The molecule has 0 N–H and O–H groups in total. The quantitative estimate of drug-likeness (QED) is 0.328. The third-order valence-electron chi connectivity index (χ3n) is 3.48. The molecule has 1 aliphatic heterocycles. The number of carbonyl (C=O) groups is 2. The molecule has 0 radical (unpaired) electrons. The zero-order chi connectivity index (χ0) is 18.8. The number of ether oxygens (including phenoxy) is 3. The minimum absolute atomic E-state index is 0.110. The summed E-state index contributed by atoms with van der Waals surface area (Å²) in [6, 6.07) is 6.41. The largest absolute Gasteiger partial charge is 0.454 e. The Hall–Kier alpha value is -2.84. The van der Waals surface area contributed by atoms with Crippen LogP contribution >= 0.6 is 23.2 Å². The maximum absolute atomic E-state index is 12.2. The fourth-order valence-electron chi connectivity index (χ4n) is 2.21. The molecule has 2 aromatic carbocycles. The van der Waals surface area contributed by atoms with Crippen LogP contribution in [-0.2, 0) is 4.74 Å². The Bertz CT molecular complexity index is 929. The van der Waals surface area contributed by atoms with Gasteiger partial charge in [0.1, 0.15) is 5.56 Å². The lowest BCUT2D eigenvalue weighted by atomic mass is 10.1. The number of halogens is 2. The molecule has 0 saturated carbocycles. The number of hydrogen-bond acceptors (Lipinski definition) is 7. The van der Waals surface area contributed by atoms with Gasteiger partial charge in [-0.2, -0.15) is 0 Å². The zero-order valence-corrected chi connectivity index (χ0v) is 14.4. The second-order valence-corrected chi connectivity index (χ2v) is 5.92. The Balaban J connectivity index is 1.77. The summed E-state index contributed by atoms with van der Waals surface area (Å²) in [5.41, 5.74) is -0.671. The first kappa shape index (κ1) is 18.0. The molecule has 0 aliphatic carbocycles. The highest BCUT2D eigenvalue weighted by Crippen LogP contribution is 2.38. The van der Waals surface area contributed by atoms with Gasteiger partial charge in [0.2, 0.25) is 6.79 Å². The summed E-state index contributed by atoms with van der Waals surface area (Å²) in [7, 11) is 0. The number of nitro groups is 1. The molecule has 1 aliphatic rings. The van der Waals surface area contributed by atoms with E-state index in [-0.39, 0.29) is 39.5 Å². The number of hydrogen-bond donors (Lipinski definition) is 0. The maximum atomic E-state index is 12.2. The van der Waals surface area contributed by atoms with Crippen molar-refractivity contribution in [3.63, 3.8) is 0 Å². The molecule has 3 rings (SSSR count). The van der Waals surface area contributed by atoms with Crippen molar-refractivity contribution >= 4 is 40.6 Å². The van der Waals surface area contributed by atoms with E-state index in [9.17, 15) is 19.7 Å². The first-order valence-corrected chi connectivity index (χ1v) is 7.86. The number of carbonyl (C=O) groups excluding carboxylic acids is 2. The van der Waals surface area contributed by atoms with Crippen molar-refractivity contribution in [3.8, 4) is 11.5 Å².